The molecule has 0 saturated heterocycles. The Morgan fingerprint density at radius 2 is 2.00 bits per heavy atom. The van der Waals surface area contributed by atoms with Crippen LogP contribution in [0.2, 0.25) is 0 Å². The van der Waals surface area contributed by atoms with E-state index >= 15 is 0 Å². The normalized spacial score (nSPS) is 11.4. The largest absolute Gasteiger partial charge is 0.480 e. The maximum absolute atomic E-state index is 12.0. The topological polar surface area (TPSA) is 83.6 Å². The first kappa shape index (κ1) is 16.6. The highest BCUT2D eigenvalue weighted by atomic mass is 32.2. The van der Waals surface area contributed by atoms with Crippen LogP contribution in [0, 0.1) is 13.8 Å². The number of aromatic nitrogens is 1. The summed E-state index contributed by atoms with van der Waals surface area (Å²) in [5.74, 6) is 0.353. The minimum absolute atomic E-state index is 0.214. The molecule has 6 nitrogen and oxygen atoms in total. The predicted molar refractivity (Wildman–Crippen MR) is 76.6 cm³/mol. The number of carboxylic acid groups (broad SMARTS) is 1. The van der Waals surface area contributed by atoms with Crippen molar-refractivity contribution in [1.82, 2.24) is 10.1 Å². The van der Waals surface area contributed by atoms with Crippen molar-refractivity contribution < 1.29 is 19.2 Å². The van der Waals surface area contributed by atoms with Gasteiger partial charge in [0, 0.05) is 18.4 Å². The second kappa shape index (κ2) is 6.30. The van der Waals surface area contributed by atoms with Crippen molar-refractivity contribution in [3.63, 3.8) is 0 Å². The summed E-state index contributed by atoms with van der Waals surface area (Å²) in [6.07, 6.45) is 0. The second-order valence-electron chi connectivity index (χ2n) is 5.11. The van der Waals surface area contributed by atoms with Gasteiger partial charge in [0.15, 0.2) is 0 Å². The zero-order valence-corrected chi connectivity index (χ0v) is 13.2. The van der Waals surface area contributed by atoms with Crippen molar-refractivity contribution in [2.45, 2.75) is 39.0 Å². The molecule has 1 amide bonds. The fraction of sp³-hybridized carbons (Fsp3) is 0.615. The van der Waals surface area contributed by atoms with E-state index in [4.69, 9.17) is 9.63 Å². The Balaban J connectivity index is 2.54. The number of carboxylic acids is 1. The Labute approximate surface area is 122 Å². The van der Waals surface area contributed by atoms with Crippen molar-refractivity contribution in [3.8, 4) is 0 Å². The van der Waals surface area contributed by atoms with E-state index in [0.717, 1.165) is 17.0 Å². The summed E-state index contributed by atoms with van der Waals surface area (Å²) in [5.41, 5.74) is 0.602. The Morgan fingerprint density at radius 1 is 1.40 bits per heavy atom. The molecule has 1 heterocycles. The van der Waals surface area contributed by atoms with E-state index in [0.29, 0.717) is 5.75 Å². The van der Waals surface area contributed by atoms with Crippen molar-refractivity contribution in [2.24, 2.45) is 0 Å². The molecule has 0 aromatic carbocycles. The minimum Gasteiger partial charge on any atom is -0.480 e. The molecule has 1 rings (SSSR count). The molecule has 0 unspecified atom stereocenters. The van der Waals surface area contributed by atoms with Crippen LogP contribution in [0.15, 0.2) is 4.52 Å². The highest BCUT2D eigenvalue weighted by Crippen LogP contribution is 2.21. The average Bonchev–Trinajstić information content (AvgIpc) is 2.68. The Hall–Kier alpha value is -1.50. The molecule has 0 atom stereocenters. The molecule has 0 spiro atoms. The van der Waals surface area contributed by atoms with Crippen LogP contribution in [-0.2, 0) is 15.3 Å². The third kappa shape index (κ3) is 3.53. The van der Waals surface area contributed by atoms with Crippen LogP contribution in [0.1, 0.15) is 30.9 Å². The third-order valence-corrected chi connectivity index (χ3v) is 4.33. The number of hydrogen-bond donors (Lipinski definition) is 1. The number of carbonyl (C=O) groups is 2. The van der Waals surface area contributed by atoms with Crippen molar-refractivity contribution in [2.75, 3.05) is 12.8 Å². The Morgan fingerprint density at radius 3 is 2.45 bits per heavy atom. The average molecular weight is 300 g/mol. The molecule has 1 N–H and O–H groups in total. The highest BCUT2D eigenvalue weighted by molar-refractivity contribution is 7.99. The van der Waals surface area contributed by atoms with Gasteiger partial charge in [-0.05, 0) is 27.7 Å². The van der Waals surface area contributed by atoms with Crippen LogP contribution >= 0.6 is 11.8 Å². The molecule has 1 aromatic rings. The van der Waals surface area contributed by atoms with Crippen molar-refractivity contribution in [1.29, 1.82) is 0 Å². The second-order valence-corrected chi connectivity index (χ2v) is 6.10. The summed E-state index contributed by atoms with van der Waals surface area (Å²) in [5, 5.41) is 12.9. The fourth-order valence-corrected chi connectivity index (χ4v) is 2.59. The lowest BCUT2D eigenvalue weighted by Crippen LogP contribution is -2.51. The van der Waals surface area contributed by atoms with Gasteiger partial charge in [0.25, 0.3) is 0 Å². The smallest absolute Gasteiger partial charge is 0.329 e. The number of aliphatic carboxylic acids is 1. The summed E-state index contributed by atoms with van der Waals surface area (Å²) in [7, 11) is 1.51. The van der Waals surface area contributed by atoms with Gasteiger partial charge in [0.05, 0.1) is 11.4 Å². The van der Waals surface area contributed by atoms with Gasteiger partial charge in [0.1, 0.15) is 11.3 Å². The van der Waals surface area contributed by atoms with Gasteiger partial charge in [-0.15, -0.1) is 11.8 Å². The zero-order valence-electron chi connectivity index (χ0n) is 12.4. The Bertz CT molecular complexity index is 491. The molecular formula is C13H20N2O4S. The van der Waals surface area contributed by atoms with E-state index < -0.39 is 11.5 Å². The fourth-order valence-electron chi connectivity index (χ4n) is 1.50. The number of carbonyl (C=O) groups excluding carboxylic acids is 1. The van der Waals surface area contributed by atoms with Crippen LogP contribution in [0.3, 0.4) is 0 Å². The maximum Gasteiger partial charge on any atom is 0.329 e. The van der Waals surface area contributed by atoms with Crippen LogP contribution in [0.5, 0.6) is 0 Å². The number of hydrogen-bond acceptors (Lipinski definition) is 5. The molecule has 0 aliphatic carbocycles. The number of nitrogens with zero attached hydrogens (tertiary/aromatic N) is 2. The number of rotatable bonds is 6. The SMILES string of the molecule is Cc1noc(C)c1CSCC(=O)N(C)C(C)(C)C(=O)O. The summed E-state index contributed by atoms with van der Waals surface area (Å²) in [4.78, 5) is 24.4. The monoisotopic (exact) mass is 300 g/mol. The van der Waals surface area contributed by atoms with Crippen LogP contribution in [0.4, 0.5) is 0 Å². The molecular weight excluding hydrogens is 280 g/mol. The van der Waals surface area contributed by atoms with Gasteiger partial charge >= 0.3 is 5.97 Å². The zero-order chi connectivity index (χ0) is 15.5. The van der Waals surface area contributed by atoms with Crippen molar-refractivity contribution >= 4 is 23.6 Å². The van der Waals surface area contributed by atoms with Gasteiger partial charge in [-0.2, -0.15) is 0 Å². The first-order valence-electron chi connectivity index (χ1n) is 6.17. The summed E-state index contributed by atoms with van der Waals surface area (Å²) in [6, 6.07) is 0. The molecule has 0 fully saturated rings. The molecule has 0 aliphatic rings. The van der Waals surface area contributed by atoms with Crippen molar-refractivity contribution in [3.05, 3.63) is 17.0 Å². The van der Waals surface area contributed by atoms with E-state index in [1.165, 1.54) is 37.6 Å². The van der Waals surface area contributed by atoms with Crippen LogP contribution < -0.4 is 0 Å². The minimum atomic E-state index is -1.21. The van der Waals surface area contributed by atoms with E-state index in [2.05, 4.69) is 5.16 Å². The lowest BCUT2D eigenvalue weighted by Gasteiger charge is -2.31. The quantitative estimate of drug-likeness (QED) is 0.863. The molecule has 112 valence electrons. The molecule has 0 radical (unpaired) electrons. The van der Waals surface area contributed by atoms with Gasteiger partial charge in [-0.25, -0.2) is 4.79 Å². The Kier molecular flexibility index (Phi) is 5.21. The molecule has 0 bridgehead atoms. The molecule has 20 heavy (non-hydrogen) atoms. The lowest BCUT2D eigenvalue weighted by atomic mass is 10.0. The number of likely N-dealkylation sites (N-methyl/N-ethyl adjacent to an activating group) is 1. The van der Waals surface area contributed by atoms with Gasteiger partial charge in [-0.3, -0.25) is 4.79 Å². The molecule has 0 saturated carbocycles. The third-order valence-electron chi connectivity index (χ3n) is 3.39. The summed E-state index contributed by atoms with van der Waals surface area (Å²) < 4.78 is 5.05. The van der Waals surface area contributed by atoms with Crippen LogP contribution in [0.25, 0.3) is 0 Å². The highest BCUT2D eigenvalue weighted by Gasteiger charge is 2.34. The van der Waals surface area contributed by atoms with Gasteiger partial charge in [-0.1, -0.05) is 5.16 Å². The molecule has 7 heteroatoms. The van der Waals surface area contributed by atoms with Crippen LogP contribution in [-0.4, -0.2) is 45.4 Å². The predicted octanol–water partition coefficient (Wildman–Crippen LogP) is 1.85. The number of thioether (sulfide) groups is 1. The van der Waals surface area contributed by atoms with Gasteiger partial charge in [0.2, 0.25) is 5.91 Å². The van der Waals surface area contributed by atoms with E-state index in [-0.39, 0.29) is 11.7 Å². The number of aryl methyl sites for hydroxylation is 2. The van der Waals surface area contributed by atoms with E-state index in [1.807, 2.05) is 13.8 Å². The number of amides is 1. The first-order chi connectivity index (χ1) is 9.17. The van der Waals surface area contributed by atoms with E-state index in [1.54, 1.807) is 0 Å². The molecule has 0 aliphatic heterocycles. The van der Waals surface area contributed by atoms with E-state index in [9.17, 15) is 9.59 Å². The lowest BCUT2D eigenvalue weighted by molar-refractivity contribution is -0.154. The summed E-state index contributed by atoms with van der Waals surface area (Å²) >= 11 is 1.42. The molecule has 1 aromatic heterocycles. The summed E-state index contributed by atoms with van der Waals surface area (Å²) in [6.45, 7) is 6.70. The van der Waals surface area contributed by atoms with Gasteiger partial charge < -0.3 is 14.5 Å². The maximum atomic E-state index is 12.0. The standard InChI is InChI=1S/C13H20N2O4S/c1-8-10(9(2)19-14-8)6-20-7-11(16)15(5)13(3,4)12(17)18/h6-7H2,1-5H3,(H,17,18). The first-order valence-corrected chi connectivity index (χ1v) is 7.33.